The lowest BCUT2D eigenvalue weighted by atomic mass is 9.92. The molecule has 0 saturated heterocycles. The lowest BCUT2D eigenvalue weighted by Gasteiger charge is -2.31. The standard InChI is InChI=1S/C13H27N3OS/c1-9(2)16(10(3)4)8-7-15-12(17)13(5,6)11(14)18/h9-10H,7-8H2,1-6H3,(H2,14,18)(H,15,17). The van der Waals surface area contributed by atoms with Crippen LogP contribution in [0.25, 0.3) is 0 Å². The highest BCUT2D eigenvalue weighted by Crippen LogP contribution is 2.15. The SMILES string of the molecule is CC(C)N(CCNC(=O)C(C)(C)C(N)=S)C(C)C. The summed E-state index contributed by atoms with van der Waals surface area (Å²) >= 11 is 4.90. The van der Waals surface area contributed by atoms with Gasteiger partial charge in [0.1, 0.15) is 0 Å². The van der Waals surface area contributed by atoms with Crippen LogP contribution >= 0.6 is 12.2 Å². The van der Waals surface area contributed by atoms with Crippen LogP contribution in [-0.4, -0.2) is 41.0 Å². The van der Waals surface area contributed by atoms with Crippen LogP contribution in [0.2, 0.25) is 0 Å². The Labute approximate surface area is 116 Å². The molecule has 0 bridgehead atoms. The van der Waals surface area contributed by atoms with Crippen LogP contribution in [0, 0.1) is 5.41 Å². The Morgan fingerprint density at radius 1 is 1.28 bits per heavy atom. The molecule has 0 aliphatic rings. The molecular weight excluding hydrogens is 246 g/mol. The van der Waals surface area contributed by atoms with Crippen LogP contribution in [0.3, 0.4) is 0 Å². The van der Waals surface area contributed by atoms with E-state index in [1.807, 2.05) is 0 Å². The molecule has 0 rings (SSSR count). The van der Waals surface area contributed by atoms with Gasteiger partial charge in [-0.25, -0.2) is 0 Å². The summed E-state index contributed by atoms with van der Waals surface area (Å²) in [5, 5.41) is 2.90. The molecule has 0 radical (unpaired) electrons. The zero-order valence-electron chi connectivity index (χ0n) is 12.4. The Kier molecular flexibility index (Phi) is 6.78. The van der Waals surface area contributed by atoms with E-state index in [-0.39, 0.29) is 10.9 Å². The number of thiocarbonyl (C=S) groups is 1. The highest BCUT2D eigenvalue weighted by atomic mass is 32.1. The second-order valence-electron chi connectivity index (χ2n) is 5.67. The van der Waals surface area contributed by atoms with Crippen molar-refractivity contribution < 1.29 is 4.79 Å². The van der Waals surface area contributed by atoms with Gasteiger partial charge in [0, 0.05) is 25.2 Å². The summed E-state index contributed by atoms with van der Waals surface area (Å²) in [5.41, 5.74) is 4.78. The topological polar surface area (TPSA) is 58.4 Å². The van der Waals surface area contributed by atoms with E-state index in [0.29, 0.717) is 18.6 Å². The van der Waals surface area contributed by atoms with Gasteiger partial charge in [0.2, 0.25) is 5.91 Å². The van der Waals surface area contributed by atoms with Crippen LogP contribution < -0.4 is 11.1 Å². The predicted molar refractivity (Wildman–Crippen MR) is 80.6 cm³/mol. The third kappa shape index (κ3) is 4.90. The van der Waals surface area contributed by atoms with E-state index in [1.54, 1.807) is 13.8 Å². The molecule has 0 aromatic carbocycles. The first-order valence-electron chi connectivity index (χ1n) is 6.44. The minimum atomic E-state index is -0.782. The highest BCUT2D eigenvalue weighted by molar-refractivity contribution is 7.80. The molecule has 0 fully saturated rings. The molecule has 0 aliphatic heterocycles. The van der Waals surface area contributed by atoms with Gasteiger partial charge in [-0.3, -0.25) is 9.69 Å². The van der Waals surface area contributed by atoms with Crippen LogP contribution in [0.1, 0.15) is 41.5 Å². The minimum absolute atomic E-state index is 0.109. The van der Waals surface area contributed by atoms with E-state index in [9.17, 15) is 4.79 Å². The van der Waals surface area contributed by atoms with E-state index in [0.717, 1.165) is 6.54 Å². The number of carbonyl (C=O) groups is 1. The summed E-state index contributed by atoms with van der Waals surface area (Å²) in [5.74, 6) is -0.109. The number of hydrogen-bond donors (Lipinski definition) is 2. The third-order valence-corrected chi connectivity index (χ3v) is 3.68. The van der Waals surface area contributed by atoms with Gasteiger partial charge in [0.05, 0.1) is 10.4 Å². The van der Waals surface area contributed by atoms with Gasteiger partial charge in [-0.1, -0.05) is 12.2 Å². The predicted octanol–water partition coefficient (Wildman–Crippen LogP) is 1.53. The Bertz CT molecular complexity index is 293. The summed E-state index contributed by atoms with van der Waals surface area (Å²) in [6.07, 6.45) is 0. The fraction of sp³-hybridized carbons (Fsp3) is 0.846. The van der Waals surface area contributed by atoms with Crippen molar-refractivity contribution in [3.05, 3.63) is 0 Å². The fourth-order valence-electron chi connectivity index (χ4n) is 1.74. The van der Waals surface area contributed by atoms with Crippen molar-refractivity contribution >= 4 is 23.1 Å². The number of nitrogens with one attached hydrogen (secondary N) is 1. The molecule has 0 spiro atoms. The monoisotopic (exact) mass is 273 g/mol. The fourth-order valence-corrected chi connectivity index (χ4v) is 1.84. The van der Waals surface area contributed by atoms with Crippen LogP contribution in [0.15, 0.2) is 0 Å². The Morgan fingerprint density at radius 2 is 1.72 bits per heavy atom. The van der Waals surface area contributed by atoms with E-state index < -0.39 is 5.41 Å². The number of carbonyl (C=O) groups excluding carboxylic acids is 1. The maximum absolute atomic E-state index is 11.9. The zero-order valence-corrected chi connectivity index (χ0v) is 13.2. The molecule has 5 heteroatoms. The first-order valence-corrected chi connectivity index (χ1v) is 6.85. The van der Waals surface area contributed by atoms with Crippen molar-refractivity contribution in [1.82, 2.24) is 10.2 Å². The van der Waals surface area contributed by atoms with Crippen LogP contribution in [-0.2, 0) is 4.79 Å². The van der Waals surface area contributed by atoms with Gasteiger partial charge in [-0.15, -0.1) is 0 Å². The van der Waals surface area contributed by atoms with Crippen molar-refractivity contribution in [2.45, 2.75) is 53.6 Å². The summed E-state index contributed by atoms with van der Waals surface area (Å²) in [6, 6.07) is 0.927. The van der Waals surface area contributed by atoms with Gasteiger partial charge < -0.3 is 11.1 Å². The van der Waals surface area contributed by atoms with Crippen molar-refractivity contribution in [3.63, 3.8) is 0 Å². The molecule has 0 saturated carbocycles. The molecule has 0 aliphatic carbocycles. The maximum atomic E-state index is 11.9. The molecule has 3 N–H and O–H groups in total. The van der Waals surface area contributed by atoms with Crippen molar-refractivity contribution in [2.24, 2.45) is 11.1 Å². The summed E-state index contributed by atoms with van der Waals surface area (Å²) in [4.78, 5) is 14.5. The van der Waals surface area contributed by atoms with Crippen LogP contribution in [0.4, 0.5) is 0 Å². The second kappa shape index (κ2) is 7.04. The van der Waals surface area contributed by atoms with Crippen LogP contribution in [0.5, 0.6) is 0 Å². The summed E-state index contributed by atoms with van der Waals surface area (Å²) in [7, 11) is 0. The Morgan fingerprint density at radius 3 is 2.06 bits per heavy atom. The van der Waals surface area contributed by atoms with Gasteiger partial charge >= 0.3 is 0 Å². The smallest absolute Gasteiger partial charge is 0.232 e. The van der Waals surface area contributed by atoms with Gasteiger partial charge in [-0.05, 0) is 41.5 Å². The highest BCUT2D eigenvalue weighted by Gasteiger charge is 2.30. The quantitative estimate of drug-likeness (QED) is 0.691. The Hall–Kier alpha value is -0.680. The van der Waals surface area contributed by atoms with E-state index >= 15 is 0 Å². The maximum Gasteiger partial charge on any atom is 0.232 e. The molecule has 18 heavy (non-hydrogen) atoms. The summed E-state index contributed by atoms with van der Waals surface area (Å²) < 4.78 is 0. The lowest BCUT2D eigenvalue weighted by molar-refractivity contribution is -0.126. The van der Waals surface area contributed by atoms with Crippen molar-refractivity contribution in [1.29, 1.82) is 0 Å². The first kappa shape index (κ1) is 17.3. The molecule has 4 nitrogen and oxygen atoms in total. The number of nitrogens with zero attached hydrogens (tertiary/aromatic N) is 1. The molecule has 0 unspecified atom stereocenters. The zero-order chi connectivity index (χ0) is 14.5. The average Bonchev–Trinajstić information content (AvgIpc) is 2.22. The molecule has 0 heterocycles. The van der Waals surface area contributed by atoms with Gasteiger partial charge in [0.15, 0.2) is 0 Å². The average molecular weight is 273 g/mol. The second-order valence-corrected chi connectivity index (χ2v) is 6.11. The number of hydrogen-bond acceptors (Lipinski definition) is 3. The lowest BCUT2D eigenvalue weighted by Crippen LogP contribution is -2.48. The van der Waals surface area contributed by atoms with E-state index in [4.69, 9.17) is 18.0 Å². The molecule has 0 atom stereocenters. The largest absolute Gasteiger partial charge is 0.392 e. The molecular formula is C13H27N3OS. The minimum Gasteiger partial charge on any atom is -0.392 e. The van der Waals surface area contributed by atoms with Crippen molar-refractivity contribution in [2.75, 3.05) is 13.1 Å². The first-order chi connectivity index (χ1) is 8.10. The normalized spacial score (nSPS) is 12.3. The van der Waals surface area contributed by atoms with Gasteiger partial charge in [0.25, 0.3) is 0 Å². The van der Waals surface area contributed by atoms with E-state index in [2.05, 4.69) is 37.9 Å². The third-order valence-electron chi connectivity index (χ3n) is 3.17. The van der Waals surface area contributed by atoms with Crippen molar-refractivity contribution in [3.8, 4) is 0 Å². The number of rotatable bonds is 7. The van der Waals surface area contributed by atoms with E-state index in [1.165, 1.54) is 0 Å². The molecule has 106 valence electrons. The molecule has 0 aromatic rings. The van der Waals surface area contributed by atoms with Gasteiger partial charge in [-0.2, -0.15) is 0 Å². The Balaban J connectivity index is 4.27. The number of nitrogens with two attached hydrogens (primary N) is 1. The molecule has 1 amide bonds. The number of amides is 1. The molecule has 0 aromatic heterocycles. The summed E-state index contributed by atoms with van der Waals surface area (Å²) in [6.45, 7) is 13.5.